The third-order valence-corrected chi connectivity index (χ3v) is 4.02. The van der Waals surface area contributed by atoms with Gasteiger partial charge in [-0.25, -0.2) is 9.59 Å². The summed E-state index contributed by atoms with van der Waals surface area (Å²) >= 11 is 3.21. The minimum absolute atomic E-state index is 0.213. The van der Waals surface area contributed by atoms with Crippen molar-refractivity contribution >= 4 is 34.1 Å². The Kier molecular flexibility index (Phi) is 7.22. The van der Waals surface area contributed by atoms with Crippen LogP contribution >= 0.6 is 15.9 Å². The highest BCUT2D eigenvalue weighted by atomic mass is 79.9. The van der Waals surface area contributed by atoms with Gasteiger partial charge in [0.25, 0.3) is 0 Å². The average Bonchev–Trinajstić information content (AvgIpc) is 2.61. The van der Waals surface area contributed by atoms with E-state index in [2.05, 4.69) is 21.2 Å². The quantitative estimate of drug-likeness (QED) is 0.668. The highest BCUT2D eigenvalue weighted by molar-refractivity contribution is 9.10. The number of aromatic carboxylic acids is 1. The Hall–Kier alpha value is -2.60. The van der Waals surface area contributed by atoms with Gasteiger partial charge in [-0.15, -0.1) is 0 Å². The lowest BCUT2D eigenvalue weighted by atomic mass is 10.1. The number of carbonyl (C=O) groups excluding carboxylic acids is 1. The van der Waals surface area contributed by atoms with E-state index < -0.39 is 12.1 Å². The maximum atomic E-state index is 11.6. The molecular weight excluding hydrogens is 386 g/mol. The topological polar surface area (TPSA) is 75.6 Å². The van der Waals surface area contributed by atoms with Crippen molar-refractivity contribution in [2.75, 3.05) is 6.54 Å². The molecule has 0 saturated carbocycles. The van der Waals surface area contributed by atoms with E-state index in [1.54, 1.807) is 12.1 Å². The number of carboxylic acids is 1. The molecule has 0 aliphatic heterocycles. The van der Waals surface area contributed by atoms with Crippen molar-refractivity contribution in [1.82, 2.24) is 5.32 Å². The molecule has 0 aliphatic rings. The molecule has 1 amide bonds. The van der Waals surface area contributed by atoms with Crippen LogP contribution in [-0.4, -0.2) is 23.7 Å². The number of rotatable bonds is 7. The van der Waals surface area contributed by atoms with Crippen LogP contribution < -0.4 is 5.32 Å². The molecule has 0 saturated heterocycles. The van der Waals surface area contributed by atoms with Gasteiger partial charge in [0, 0.05) is 11.0 Å². The van der Waals surface area contributed by atoms with Crippen LogP contribution in [0.4, 0.5) is 4.79 Å². The Balaban J connectivity index is 1.72. The number of nitrogens with one attached hydrogen (secondary N) is 1. The van der Waals surface area contributed by atoms with E-state index in [4.69, 9.17) is 9.84 Å². The highest BCUT2D eigenvalue weighted by Crippen LogP contribution is 2.19. The van der Waals surface area contributed by atoms with E-state index in [1.807, 2.05) is 48.6 Å². The first-order chi connectivity index (χ1) is 12.1. The number of hydrogen-bond acceptors (Lipinski definition) is 3. The zero-order chi connectivity index (χ0) is 18.1. The molecule has 0 fully saturated rings. The lowest BCUT2D eigenvalue weighted by Crippen LogP contribution is -2.24. The van der Waals surface area contributed by atoms with Crippen molar-refractivity contribution in [1.29, 1.82) is 0 Å². The molecule has 2 N–H and O–H groups in total. The highest BCUT2D eigenvalue weighted by Gasteiger charge is 2.07. The van der Waals surface area contributed by atoms with Crippen molar-refractivity contribution in [3.63, 3.8) is 0 Å². The molecule has 2 aromatic carbocycles. The smallest absolute Gasteiger partial charge is 0.407 e. The zero-order valence-electron chi connectivity index (χ0n) is 13.4. The third-order valence-electron chi connectivity index (χ3n) is 3.32. The van der Waals surface area contributed by atoms with Crippen LogP contribution in [0.2, 0.25) is 0 Å². The van der Waals surface area contributed by atoms with Crippen molar-refractivity contribution in [3.8, 4) is 0 Å². The van der Waals surface area contributed by atoms with Crippen molar-refractivity contribution in [2.45, 2.75) is 13.0 Å². The molecule has 130 valence electrons. The molecule has 25 heavy (non-hydrogen) atoms. The van der Waals surface area contributed by atoms with E-state index in [9.17, 15) is 9.59 Å². The van der Waals surface area contributed by atoms with Gasteiger partial charge >= 0.3 is 12.1 Å². The zero-order valence-corrected chi connectivity index (χ0v) is 15.0. The van der Waals surface area contributed by atoms with Gasteiger partial charge in [-0.2, -0.15) is 0 Å². The van der Waals surface area contributed by atoms with Gasteiger partial charge in [-0.3, -0.25) is 0 Å². The molecule has 0 heterocycles. The maximum absolute atomic E-state index is 11.6. The monoisotopic (exact) mass is 403 g/mol. The standard InChI is InChI=1S/C19H18BrNO4/c20-17-10-9-14(12-16(17)18(22)23)6-4-5-11-21-19(24)25-13-15-7-2-1-3-8-15/h1-4,6-10,12H,5,11,13H2,(H,21,24)(H,22,23). The van der Waals surface area contributed by atoms with Gasteiger partial charge in [0.1, 0.15) is 6.61 Å². The van der Waals surface area contributed by atoms with Crippen molar-refractivity contribution < 1.29 is 19.4 Å². The molecule has 0 spiro atoms. The van der Waals surface area contributed by atoms with Gasteiger partial charge in [0.05, 0.1) is 5.56 Å². The summed E-state index contributed by atoms with van der Waals surface area (Å²) in [5, 5.41) is 11.7. The number of amides is 1. The average molecular weight is 404 g/mol. The molecule has 2 aromatic rings. The molecule has 0 aliphatic carbocycles. The first-order valence-electron chi connectivity index (χ1n) is 7.70. The van der Waals surface area contributed by atoms with Crippen LogP contribution in [0.5, 0.6) is 0 Å². The summed E-state index contributed by atoms with van der Waals surface area (Å²) < 4.78 is 5.65. The minimum Gasteiger partial charge on any atom is -0.478 e. The van der Waals surface area contributed by atoms with Crippen LogP contribution in [0, 0.1) is 0 Å². The van der Waals surface area contributed by atoms with Crippen LogP contribution in [0.15, 0.2) is 59.1 Å². The Morgan fingerprint density at radius 3 is 2.64 bits per heavy atom. The summed E-state index contributed by atoms with van der Waals surface area (Å²) in [4.78, 5) is 22.7. The first kappa shape index (κ1) is 18.7. The second-order valence-corrected chi connectivity index (χ2v) is 6.08. The number of carbonyl (C=O) groups is 2. The number of carboxylic acid groups (broad SMARTS) is 1. The summed E-state index contributed by atoms with van der Waals surface area (Å²) in [6.07, 6.45) is 3.83. The molecule has 0 atom stereocenters. The Morgan fingerprint density at radius 1 is 1.16 bits per heavy atom. The summed E-state index contributed by atoms with van der Waals surface area (Å²) in [7, 11) is 0. The minimum atomic E-state index is -0.982. The summed E-state index contributed by atoms with van der Waals surface area (Å²) in [5.41, 5.74) is 1.93. The van der Waals surface area contributed by atoms with Gasteiger partial charge in [-0.1, -0.05) is 48.6 Å². The van der Waals surface area contributed by atoms with E-state index in [0.29, 0.717) is 17.4 Å². The number of ether oxygens (including phenoxy) is 1. The predicted octanol–water partition coefficient (Wildman–Crippen LogP) is 4.48. The Morgan fingerprint density at radius 2 is 1.92 bits per heavy atom. The molecule has 2 rings (SSSR count). The van der Waals surface area contributed by atoms with Crippen LogP contribution in [0.1, 0.15) is 27.9 Å². The van der Waals surface area contributed by atoms with Gasteiger partial charge < -0.3 is 15.2 Å². The SMILES string of the molecule is O=C(NCCC=Cc1ccc(Br)c(C(=O)O)c1)OCc1ccccc1. The number of hydrogen-bond donors (Lipinski definition) is 2. The molecule has 0 radical (unpaired) electrons. The van der Waals surface area contributed by atoms with Crippen molar-refractivity contribution in [3.05, 3.63) is 75.8 Å². The molecule has 0 unspecified atom stereocenters. The summed E-state index contributed by atoms with van der Waals surface area (Å²) in [6.45, 7) is 0.672. The second-order valence-electron chi connectivity index (χ2n) is 5.22. The molecule has 0 bridgehead atoms. The Bertz CT molecular complexity index is 759. The van der Waals surface area contributed by atoms with E-state index in [-0.39, 0.29) is 12.2 Å². The lowest BCUT2D eigenvalue weighted by Gasteiger charge is -2.06. The molecular formula is C19H18BrNO4. The lowest BCUT2D eigenvalue weighted by molar-refractivity contribution is 0.0695. The van der Waals surface area contributed by atoms with Crippen LogP contribution in [0.3, 0.4) is 0 Å². The van der Waals surface area contributed by atoms with E-state index in [1.165, 1.54) is 0 Å². The normalized spacial score (nSPS) is 10.6. The maximum Gasteiger partial charge on any atom is 0.407 e. The predicted molar refractivity (Wildman–Crippen MR) is 99.4 cm³/mol. The van der Waals surface area contributed by atoms with E-state index in [0.717, 1.165) is 11.1 Å². The fourth-order valence-corrected chi connectivity index (χ4v) is 2.48. The van der Waals surface area contributed by atoms with Crippen molar-refractivity contribution in [2.24, 2.45) is 0 Å². The van der Waals surface area contributed by atoms with E-state index >= 15 is 0 Å². The van der Waals surface area contributed by atoms with Crippen LogP contribution in [-0.2, 0) is 11.3 Å². The van der Waals surface area contributed by atoms with Gasteiger partial charge in [0.2, 0.25) is 0 Å². The number of halogens is 1. The molecule has 5 nitrogen and oxygen atoms in total. The first-order valence-corrected chi connectivity index (χ1v) is 8.49. The van der Waals surface area contributed by atoms with Crippen LogP contribution in [0.25, 0.3) is 6.08 Å². The summed E-state index contributed by atoms with van der Waals surface area (Å²) in [5.74, 6) is -0.982. The van der Waals surface area contributed by atoms with Gasteiger partial charge in [0.15, 0.2) is 0 Å². The molecule has 6 heteroatoms. The number of alkyl carbamates (subject to hydrolysis) is 1. The van der Waals surface area contributed by atoms with Gasteiger partial charge in [-0.05, 0) is 45.6 Å². The number of benzene rings is 2. The molecule has 0 aromatic heterocycles. The second kappa shape index (κ2) is 9.64. The fourth-order valence-electron chi connectivity index (χ4n) is 2.06. The summed E-state index contributed by atoms with van der Waals surface area (Å²) in [6, 6.07) is 14.6. The Labute approximate surface area is 154 Å². The largest absolute Gasteiger partial charge is 0.478 e. The third kappa shape index (κ3) is 6.43. The fraction of sp³-hybridized carbons (Fsp3) is 0.158.